The van der Waals surface area contributed by atoms with Gasteiger partial charge in [0, 0.05) is 12.5 Å². The number of aromatic nitrogens is 2. The van der Waals surface area contributed by atoms with Crippen LogP contribution in [0, 0.1) is 0 Å². The lowest BCUT2D eigenvalue weighted by Crippen LogP contribution is -2.23. The largest absolute Gasteiger partial charge is 0.493 e. The summed E-state index contributed by atoms with van der Waals surface area (Å²) in [6.45, 7) is 3.84. The van der Waals surface area contributed by atoms with Crippen LogP contribution < -0.4 is 9.47 Å². The number of benzene rings is 1. The molecule has 1 fully saturated rings. The zero-order chi connectivity index (χ0) is 16.9. The van der Waals surface area contributed by atoms with Crippen molar-refractivity contribution >= 4 is 0 Å². The van der Waals surface area contributed by atoms with Gasteiger partial charge in [-0.25, -0.2) is 0 Å². The predicted molar refractivity (Wildman–Crippen MR) is 90.2 cm³/mol. The van der Waals surface area contributed by atoms with E-state index in [1.54, 1.807) is 14.2 Å². The fourth-order valence-electron chi connectivity index (χ4n) is 3.31. The first-order valence-electron chi connectivity index (χ1n) is 8.52. The molecule has 0 bridgehead atoms. The van der Waals surface area contributed by atoms with E-state index in [9.17, 15) is 0 Å². The molecule has 3 rings (SSSR count). The minimum absolute atomic E-state index is 0.339. The zero-order valence-electron chi connectivity index (χ0n) is 14.6. The van der Waals surface area contributed by atoms with Gasteiger partial charge in [-0.2, -0.15) is 4.98 Å². The Labute approximate surface area is 142 Å². The maximum Gasteiger partial charge on any atom is 0.240 e. The summed E-state index contributed by atoms with van der Waals surface area (Å²) in [5.41, 5.74) is 1.23. The summed E-state index contributed by atoms with van der Waals surface area (Å²) in [6.07, 6.45) is 4.17. The molecule has 1 aliphatic heterocycles. The molecule has 0 amide bonds. The van der Waals surface area contributed by atoms with Crippen LogP contribution in [0.5, 0.6) is 11.5 Å². The SMILES string of the molecule is CCCc1noc(CN2CCCC2c2ccc(OC)c(OC)c2)n1. The van der Waals surface area contributed by atoms with Gasteiger partial charge in [0.2, 0.25) is 5.89 Å². The van der Waals surface area contributed by atoms with Gasteiger partial charge in [-0.3, -0.25) is 4.90 Å². The fraction of sp³-hybridized carbons (Fsp3) is 0.556. The first-order valence-corrected chi connectivity index (χ1v) is 8.52. The number of rotatable bonds is 7. The Bertz CT molecular complexity index is 671. The Morgan fingerprint density at radius 3 is 2.83 bits per heavy atom. The summed E-state index contributed by atoms with van der Waals surface area (Å²) in [6, 6.07) is 6.49. The molecule has 1 aliphatic rings. The molecule has 0 radical (unpaired) electrons. The van der Waals surface area contributed by atoms with E-state index in [1.807, 2.05) is 6.07 Å². The zero-order valence-corrected chi connectivity index (χ0v) is 14.6. The molecule has 2 heterocycles. The van der Waals surface area contributed by atoms with Crippen molar-refractivity contribution < 1.29 is 14.0 Å². The van der Waals surface area contributed by atoms with Crippen LogP contribution in [0.3, 0.4) is 0 Å². The number of nitrogens with zero attached hydrogens (tertiary/aromatic N) is 3. The lowest BCUT2D eigenvalue weighted by atomic mass is 10.0. The van der Waals surface area contributed by atoms with E-state index in [4.69, 9.17) is 14.0 Å². The topological polar surface area (TPSA) is 60.6 Å². The van der Waals surface area contributed by atoms with Gasteiger partial charge in [0.15, 0.2) is 17.3 Å². The van der Waals surface area contributed by atoms with Crippen molar-refractivity contribution in [3.63, 3.8) is 0 Å². The lowest BCUT2D eigenvalue weighted by Gasteiger charge is -2.23. The van der Waals surface area contributed by atoms with Gasteiger partial charge in [0.1, 0.15) is 0 Å². The lowest BCUT2D eigenvalue weighted by molar-refractivity contribution is 0.212. The standard InChI is InChI=1S/C18H25N3O3/c1-4-6-17-19-18(24-20-17)12-21-10-5-7-14(21)13-8-9-15(22-2)16(11-13)23-3/h8-9,11,14H,4-7,10,12H2,1-3H3. The molecule has 1 aromatic heterocycles. The third-order valence-corrected chi connectivity index (χ3v) is 4.48. The van der Waals surface area contributed by atoms with Gasteiger partial charge >= 0.3 is 0 Å². The Morgan fingerprint density at radius 2 is 2.08 bits per heavy atom. The summed E-state index contributed by atoms with van der Waals surface area (Å²) in [5, 5.41) is 4.05. The van der Waals surface area contributed by atoms with Crippen LogP contribution in [0.15, 0.2) is 22.7 Å². The van der Waals surface area contributed by atoms with Crippen LogP contribution in [-0.2, 0) is 13.0 Å². The van der Waals surface area contributed by atoms with Crippen molar-refractivity contribution in [2.75, 3.05) is 20.8 Å². The van der Waals surface area contributed by atoms with Crippen LogP contribution in [-0.4, -0.2) is 35.8 Å². The molecule has 0 spiro atoms. The molecule has 24 heavy (non-hydrogen) atoms. The van der Waals surface area contributed by atoms with E-state index >= 15 is 0 Å². The molecule has 0 aliphatic carbocycles. The summed E-state index contributed by atoms with van der Waals surface area (Å²) in [7, 11) is 3.32. The van der Waals surface area contributed by atoms with Crippen molar-refractivity contribution in [3.05, 3.63) is 35.5 Å². The first-order chi connectivity index (χ1) is 11.7. The highest BCUT2D eigenvalue weighted by atomic mass is 16.5. The maximum absolute atomic E-state index is 5.44. The monoisotopic (exact) mass is 331 g/mol. The molecule has 0 N–H and O–H groups in total. The predicted octanol–water partition coefficient (Wildman–Crippen LogP) is 3.38. The summed E-state index contributed by atoms with van der Waals surface area (Å²) < 4.78 is 16.2. The van der Waals surface area contributed by atoms with E-state index in [0.29, 0.717) is 18.5 Å². The quantitative estimate of drug-likeness (QED) is 0.775. The summed E-state index contributed by atoms with van der Waals surface area (Å²) >= 11 is 0. The van der Waals surface area contributed by atoms with Crippen LogP contribution in [0.25, 0.3) is 0 Å². The van der Waals surface area contributed by atoms with Crippen molar-refractivity contribution in [1.82, 2.24) is 15.0 Å². The van der Waals surface area contributed by atoms with E-state index < -0.39 is 0 Å². The van der Waals surface area contributed by atoms with E-state index in [0.717, 1.165) is 49.6 Å². The second-order valence-electron chi connectivity index (χ2n) is 6.10. The highest BCUT2D eigenvalue weighted by molar-refractivity contribution is 5.44. The Balaban J connectivity index is 1.75. The molecule has 0 saturated carbocycles. The molecule has 2 aromatic rings. The second-order valence-corrected chi connectivity index (χ2v) is 6.10. The Kier molecular flexibility index (Phi) is 5.35. The minimum Gasteiger partial charge on any atom is -0.493 e. The number of hydrogen-bond acceptors (Lipinski definition) is 6. The van der Waals surface area contributed by atoms with Crippen molar-refractivity contribution in [1.29, 1.82) is 0 Å². The highest BCUT2D eigenvalue weighted by Crippen LogP contribution is 2.37. The average Bonchev–Trinajstić information content (AvgIpc) is 3.24. The second kappa shape index (κ2) is 7.66. The van der Waals surface area contributed by atoms with Gasteiger partial charge in [-0.05, 0) is 43.5 Å². The first kappa shape index (κ1) is 16.8. The molecule has 1 aromatic carbocycles. The minimum atomic E-state index is 0.339. The van der Waals surface area contributed by atoms with Gasteiger partial charge < -0.3 is 14.0 Å². The van der Waals surface area contributed by atoms with Gasteiger partial charge in [0.05, 0.1) is 20.8 Å². The average molecular weight is 331 g/mol. The molecule has 1 saturated heterocycles. The van der Waals surface area contributed by atoms with Gasteiger partial charge in [-0.1, -0.05) is 18.1 Å². The number of ether oxygens (including phenoxy) is 2. The fourth-order valence-corrected chi connectivity index (χ4v) is 3.31. The van der Waals surface area contributed by atoms with Crippen LogP contribution >= 0.6 is 0 Å². The van der Waals surface area contributed by atoms with E-state index in [-0.39, 0.29) is 0 Å². The van der Waals surface area contributed by atoms with Crippen molar-refractivity contribution in [2.45, 2.75) is 45.2 Å². The summed E-state index contributed by atoms with van der Waals surface area (Å²) in [5.74, 6) is 3.02. The number of methoxy groups -OCH3 is 2. The van der Waals surface area contributed by atoms with Crippen LogP contribution in [0.4, 0.5) is 0 Å². The smallest absolute Gasteiger partial charge is 0.240 e. The van der Waals surface area contributed by atoms with Crippen LogP contribution in [0.2, 0.25) is 0 Å². The maximum atomic E-state index is 5.44. The van der Waals surface area contributed by atoms with Crippen molar-refractivity contribution in [3.8, 4) is 11.5 Å². The van der Waals surface area contributed by atoms with Gasteiger partial charge in [0.25, 0.3) is 0 Å². The third kappa shape index (κ3) is 3.53. The molecule has 6 heteroatoms. The Morgan fingerprint density at radius 1 is 1.25 bits per heavy atom. The molecule has 1 unspecified atom stereocenters. The van der Waals surface area contributed by atoms with E-state index in [2.05, 4.69) is 34.1 Å². The number of aryl methyl sites for hydroxylation is 1. The molecule has 1 atom stereocenters. The highest BCUT2D eigenvalue weighted by Gasteiger charge is 2.28. The van der Waals surface area contributed by atoms with E-state index in [1.165, 1.54) is 5.56 Å². The molecule has 130 valence electrons. The summed E-state index contributed by atoms with van der Waals surface area (Å²) in [4.78, 5) is 6.88. The molecular weight excluding hydrogens is 306 g/mol. The Hall–Kier alpha value is -2.08. The third-order valence-electron chi connectivity index (χ3n) is 4.48. The van der Waals surface area contributed by atoms with Crippen molar-refractivity contribution in [2.24, 2.45) is 0 Å². The normalized spacial score (nSPS) is 18.0. The van der Waals surface area contributed by atoms with Crippen LogP contribution in [0.1, 0.15) is 49.5 Å². The van der Waals surface area contributed by atoms with Gasteiger partial charge in [-0.15, -0.1) is 0 Å². The number of likely N-dealkylation sites (tertiary alicyclic amines) is 1. The molecular formula is C18H25N3O3. The molecule has 6 nitrogen and oxygen atoms in total. The number of hydrogen-bond donors (Lipinski definition) is 0.